The summed E-state index contributed by atoms with van der Waals surface area (Å²) in [5.41, 5.74) is 2.05. The summed E-state index contributed by atoms with van der Waals surface area (Å²) in [5, 5.41) is 2.95. The van der Waals surface area contributed by atoms with Gasteiger partial charge in [0.05, 0.1) is 5.56 Å². The highest BCUT2D eigenvalue weighted by Gasteiger charge is 2.30. The molecule has 0 spiro atoms. The number of aromatic nitrogens is 1. The highest BCUT2D eigenvalue weighted by atomic mass is 19.4. The molecule has 128 valence electrons. The fourth-order valence-electron chi connectivity index (χ4n) is 2.86. The third kappa shape index (κ3) is 3.47. The second-order valence-electron chi connectivity index (χ2n) is 6.35. The number of halogens is 3. The molecule has 1 fully saturated rings. The van der Waals surface area contributed by atoms with Crippen LogP contribution in [0.3, 0.4) is 0 Å². The summed E-state index contributed by atoms with van der Waals surface area (Å²) in [7, 11) is 0. The van der Waals surface area contributed by atoms with Crippen molar-refractivity contribution in [1.29, 1.82) is 0 Å². The monoisotopic (exact) mass is 336 g/mol. The largest absolute Gasteiger partial charge is 0.416 e. The van der Waals surface area contributed by atoms with Crippen LogP contribution < -0.4 is 5.32 Å². The lowest BCUT2D eigenvalue weighted by atomic mass is 10.1. The minimum Gasteiger partial charge on any atom is -0.348 e. The number of aryl methyl sites for hydroxylation is 2. The van der Waals surface area contributed by atoms with Crippen LogP contribution in [-0.2, 0) is 12.7 Å². The average Bonchev–Trinajstić information content (AvgIpc) is 3.25. The number of carbonyl (C=O) groups is 1. The van der Waals surface area contributed by atoms with Crippen LogP contribution in [0.2, 0.25) is 0 Å². The Morgan fingerprint density at radius 3 is 2.58 bits per heavy atom. The molecule has 0 unspecified atom stereocenters. The molecule has 1 heterocycles. The molecule has 1 aliphatic carbocycles. The minimum absolute atomic E-state index is 0.157. The van der Waals surface area contributed by atoms with Crippen LogP contribution in [0.25, 0.3) is 0 Å². The molecule has 0 atom stereocenters. The lowest BCUT2D eigenvalue weighted by Gasteiger charge is -2.14. The lowest BCUT2D eigenvalue weighted by Crippen LogP contribution is -2.28. The molecular weight excluding hydrogens is 317 g/mol. The summed E-state index contributed by atoms with van der Waals surface area (Å²) in [6.07, 6.45) is -2.40. The molecule has 1 aromatic carbocycles. The zero-order valence-corrected chi connectivity index (χ0v) is 13.6. The van der Waals surface area contributed by atoms with E-state index in [0.717, 1.165) is 36.2 Å². The van der Waals surface area contributed by atoms with Gasteiger partial charge in [-0.05, 0) is 56.0 Å². The van der Waals surface area contributed by atoms with E-state index in [4.69, 9.17) is 0 Å². The fraction of sp³-hybridized carbons (Fsp3) is 0.389. The number of nitrogens with one attached hydrogen (secondary N) is 1. The molecule has 1 saturated carbocycles. The van der Waals surface area contributed by atoms with Gasteiger partial charge in [0.15, 0.2) is 0 Å². The van der Waals surface area contributed by atoms with E-state index in [-0.39, 0.29) is 18.5 Å². The predicted molar refractivity (Wildman–Crippen MR) is 84.9 cm³/mol. The van der Waals surface area contributed by atoms with Crippen molar-refractivity contribution in [2.24, 2.45) is 0 Å². The second kappa shape index (κ2) is 6.00. The Balaban J connectivity index is 1.91. The number of hydrogen-bond acceptors (Lipinski definition) is 1. The van der Waals surface area contributed by atoms with Crippen LogP contribution in [-0.4, -0.2) is 16.5 Å². The Bertz CT molecular complexity index is 773. The molecule has 1 aromatic heterocycles. The van der Waals surface area contributed by atoms with Crippen LogP contribution in [0, 0.1) is 13.8 Å². The topological polar surface area (TPSA) is 34.0 Å². The Morgan fingerprint density at radius 1 is 1.25 bits per heavy atom. The normalized spacial score (nSPS) is 14.7. The highest BCUT2D eigenvalue weighted by Crippen LogP contribution is 2.30. The molecule has 1 aliphatic rings. The van der Waals surface area contributed by atoms with Crippen molar-refractivity contribution in [3.05, 3.63) is 58.4 Å². The Morgan fingerprint density at radius 2 is 1.96 bits per heavy atom. The number of carbonyl (C=O) groups excluding carboxylic acids is 1. The van der Waals surface area contributed by atoms with Crippen molar-refractivity contribution in [2.75, 3.05) is 0 Å². The van der Waals surface area contributed by atoms with Gasteiger partial charge in [-0.2, -0.15) is 13.2 Å². The second-order valence-corrected chi connectivity index (χ2v) is 6.35. The van der Waals surface area contributed by atoms with E-state index in [2.05, 4.69) is 5.32 Å². The van der Waals surface area contributed by atoms with E-state index in [1.54, 1.807) is 10.6 Å². The summed E-state index contributed by atoms with van der Waals surface area (Å²) in [5.74, 6) is -0.157. The fourth-order valence-corrected chi connectivity index (χ4v) is 2.86. The maximum Gasteiger partial charge on any atom is 0.416 e. The number of alkyl halides is 3. The Labute approximate surface area is 138 Å². The van der Waals surface area contributed by atoms with Gasteiger partial charge in [-0.15, -0.1) is 0 Å². The van der Waals surface area contributed by atoms with Crippen molar-refractivity contribution >= 4 is 5.91 Å². The maximum atomic E-state index is 12.9. The van der Waals surface area contributed by atoms with Crippen LogP contribution in [0.15, 0.2) is 30.3 Å². The number of amides is 1. The van der Waals surface area contributed by atoms with Gasteiger partial charge in [-0.1, -0.05) is 12.1 Å². The smallest absolute Gasteiger partial charge is 0.348 e. The molecule has 24 heavy (non-hydrogen) atoms. The van der Waals surface area contributed by atoms with Crippen molar-refractivity contribution < 1.29 is 18.0 Å². The molecule has 1 N–H and O–H groups in total. The SMILES string of the molecule is Cc1cc(C)n(Cc2cccc(C(F)(F)F)c2)c1C(=O)NC1CC1. The Hall–Kier alpha value is -2.24. The van der Waals surface area contributed by atoms with E-state index in [0.29, 0.717) is 11.3 Å². The molecular formula is C18H19F3N2O. The third-order valence-electron chi connectivity index (χ3n) is 4.22. The first-order valence-corrected chi connectivity index (χ1v) is 7.89. The molecule has 3 nitrogen and oxygen atoms in total. The minimum atomic E-state index is -4.37. The number of nitrogens with zero attached hydrogens (tertiary/aromatic N) is 1. The van der Waals surface area contributed by atoms with Crippen LogP contribution in [0.1, 0.15) is 45.7 Å². The van der Waals surface area contributed by atoms with Gasteiger partial charge in [-0.25, -0.2) is 0 Å². The van der Waals surface area contributed by atoms with E-state index in [9.17, 15) is 18.0 Å². The van der Waals surface area contributed by atoms with Gasteiger partial charge in [-0.3, -0.25) is 4.79 Å². The molecule has 0 radical (unpaired) electrons. The lowest BCUT2D eigenvalue weighted by molar-refractivity contribution is -0.137. The molecule has 1 amide bonds. The van der Waals surface area contributed by atoms with Crippen molar-refractivity contribution in [3.8, 4) is 0 Å². The summed E-state index contributed by atoms with van der Waals surface area (Å²) >= 11 is 0. The summed E-state index contributed by atoms with van der Waals surface area (Å²) in [6.45, 7) is 3.93. The van der Waals surface area contributed by atoms with Gasteiger partial charge in [0.2, 0.25) is 0 Å². The number of rotatable bonds is 4. The van der Waals surface area contributed by atoms with Gasteiger partial charge in [0.1, 0.15) is 5.69 Å². The number of benzene rings is 1. The third-order valence-corrected chi connectivity index (χ3v) is 4.22. The molecule has 0 saturated heterocycles. The first-order chi connectivity index (χ1) is 11.3. The summed E-state index contributed by atoms with van der Waals surface area (Å²) < 4.78 is 40.4. The zero-order valence-electron chi connectivity index (χ0n) is 13.6. The quantitative estimate of drug-likeness (QED) is 0.897. The molecule has 0 bridgehead atoms. The maximum absolute atomic E-state index is 12.9. The zero-order chi connectivity index (χ0) is 17.5. The van der Waals surface area contributed by atoms with Gasteiger partial charge < -0.3 is 9.88 Å². The van der Waals surface area contributed by atoms with E-state index >= 15 is 0 Å². The Kier molecular flexibility index (Phi) is 4.15. The molecule has 0 aliphatic heterocycles. The van der Waals surface area contributed by atoms with E-state index in [1.807, 2.05) is 19.9 Å². The standard InChI is InChI=1S/C18H19F3N2O/c1-11-8-12(2)23(16(11)17(24)22-15-6-7-15)10-13-4-3-5-14(9-13)18(19,20)21/h3-5,8-9,15H,6-7,10H2,1-2H3,(H,22,24). The van der Waals surface area contributed by atoms with E-state index < -0.39 is 11.7 Å². The number of hydrogen-bond donors (Lipinski definition) is 1. The molecule has 3 rings (SSSR count). The molecule has 6 heteroatoms. The first kappa shape index (κ1) is 16.6. The summed E-state index contributed by atoms with van der Waals surface area (Å²) in [4.78, 5) is 12.5. The van der Waals surface area contributed by atoms with Crippen LogP contribution in [0.5, 0.6) is 0 Å². The van der Waals surface area contributed by atoms with Crippen molar-refractivity contribution in [1.82, 2.24) is 9.88 Å². The van der Waals surface area contributed by atoms with Crippen molar-refractivity contribution in [3.63, 3.8) is 0 Å². The average molecular weight is 336 g/mol. The van der Waals surface area contributed by atoms with Gasteiger partial charge in [0.25, 0.3) is 5.91 Å². The van der Waals surface area contributed by atoms with Gasteiger partial charge in [0, 0.05) is 18.3 Å². The van der Waals surface area contributed by atoms with Crippen LogP contribution >= 0.6 is 0 Å². The van der Waals surface area contributed by atoms with E-state index in [1.165, 1.54) is 6.07 Å². The summed E-state index contributed by atoms with van der Waals surface area (Å²) in [6, 6.07) is 7.35. The van der Waals surface area contributed by atoms with Crippen molar-refractivity contribution in [2.45, 2.75) is 45.5 Å². The van der Waals surface area contributed by atoms with Crippen LogP contribution in [0.4, 0.5) is 13.2 Å². The first-order valence-electron chi connectivity index (χ1n) is 7.89. The highest BCUT2D eigenvalue weighted by molar-refractivity contribution is 5.94. The van der Waals surface area contributed by atoms with Gasteiger partial charge >= 0.3 is 6.18 Å². The predicted octanol–water partition coefficient (Wildman–Crippen LogP) is 4.06. The molecule has 2 aromatic rings.